The van der Waals surface area contributed by atoms with Crippen LogP contribution in [0, 0.1) is 6.92 Å². The second-order valence-electron chi connectivity index (χ2n) is 7.30. The molecule has 1 atom stereocenters. The fraction of sp³-hybridized carbons (Fsp3) is 0.148. The van der Waals surface area contributed by atoms with Crippen LogP contribution in [0.15, 0.2) is 91.0 Å². The fourth-order valence-corrected chi connectivity index (χ4v) is 3.78. The Labute approximate surface area is 187 Å². The maximum absolute atomic E-state index is 12.9. The minimum absolute atomic E-state index is 0.472. The van der Waals surface area contributed by atoms with Gasteiger partial charge in [-0.05, 0) is 55.0 Å². The Bertz CT molecular complexity index is 1180. The van der Waals surface area contributed by atoms with Gasteiger partial charge in [0.25, 0.3) is 0 Å². The van der Waals surface area contributed by atoms with E-state index >= 15 is 0 Å². The van der Waals surface area contributed by atoms with Gasteiger partial charge in [-0.25, -0.2) is 4.79 Å². The molecule has 32 heavy (non-hydrogen) atoms. The Morgan fingerprint density at radius 3 is 2.03 bits per heavy atom. The first kappa shape index (κ1) is 21.2. The van der Waals surface area contributed by atoms with Crippen molar-refractivity contribution in [1.29, 1.82) is 0 Å². The van der Waals surface area contributed by atoms with E-state index in [0.29, 0.717) is 11.4 Å². The first-order chi connectivity index (χ1) is 15.6. The van der Waals surface area contributed by atoms with Gasteiger partial charge in [-0.2, -0.15) is 0 Å². The lowest BCUT2D eigenvalue weighted by molar-refractivity contribution is -0.149. The molecule has 1 aromatic heterocycles. The molecule has 0 spiro atoms. The third-order valence-electron chi connectivity index (χ3n) is 5.37. The predicted octanol–water partition coefficient (Wildman–Crippen LogP) is 5.75. The van der Waals surface area contributed by atoms with Gasteiger partial charge in [0.15, 0.2) is 0 Å². The van der Waals surface area contributed by atoms with Gasteiger partial charge in [0.1, 0.15) is 11.5 Å². The van der Waals surface area contributed by atoms with Gasteiger partial charge in [0, 0.05) is 16.9 Å². The van der Waals surface area contributed by atoms with Gasteiger partial charge in [0.05, 0.1) is 19.9 Å². The van der Waals surface area contributed by atoms with Crippen LogP contribution in [0.5, 0.6) is 11.5 Å². The Morgan fingerprint density at radius 1 is 0.812 bits per heavy atom. The largest absolute Gasteiger partial charge is 0.497 e. The van der Waals surface area contributed by atoms with Crippen LogP contribution in [0.1, 0.15) is 17.5 Å². The van der Waals surface area contributed by atoms with E-state index in [1.54, 1.807) is 7.11 Å². The molecule has 1 heterocycles. The van der Waals surface area contributed by atoms with Crippen LogP contribution in [0.2, 0.25) is 0 Å². The molecule has 0 bridgehead atoms. The molecule has 0 saturated carbocycles. The molecule has 0 aliphatic rings. The standard InChI is InChI=1S/C27H25NO4/c1-19-24(20-10-6-4-7-11-20)18-25(28(19)21-14-16-22(30-2)17-15-21)26(27(29)31-3)32-23-12-8-5-9-13-23/h4-18,26H,1-3H3/t26-/m1/s1. The summed E-state index contributed by atoms with van der Waals surface area (Å²) in [4.78, 5) is 12.9. The molecule has 5 nitrogen and oxygen atoms in total. The number of carbonyl (C=O) groups is 1. The monoisotopic (exact) mass is 427 g/mol. The number of esters is 1. The van der Waals surface area contributed by atoms with Crippen LogP contribution in [0.3, 0.4) is 0 Å². The number of hydrogen-bond acceptors (Lipinski definition) is 4. The van der Waals surface area contributed by atoms with Crippen LogP contribution in [-0.4, -0.2) is 24.8 Å². The molecule has 0 radical (unpaired) electrons. The smallest absolute Gasteiger partial charge is 0.353 e. The molecule has 0 aliphatic carbocycles. The lowest BCUT2D eigenvalue weighted by Gasteiger charge is -2.20. The zero-order valence-electron chi connectivity index (χ0n) is 18.3. The third-order valence-corrected chi connectivity index (χ3v) is 5.37. The first-order valence-corrected chi connectivity index (χ1v) is 10.3. The molecular formula is C27H25NO4. The highest BCUT2D eigenvalue weighted by Gasteiger charge is 2.30. The summed E-state index contributed by atoms with van der Waals surface area (Å²) in [6, 6.07) is 29.1. The Kier molecular flexibility index (Phi) is 6.26. The Morgan fingerprint density at radius 2 is 1.44 bits per heavy atom. The average Bonchev–Trinajstić information content (AvgIpc) is 3.20. The summed E-state index contributed by atoms with van der Waals surface area (Å²) in [5.74, 6) is 0.874. The maximum Gasteiger partial charge on any atom is 0.353 e. The summed E-state index contributed by atoms with van der Waals surface area (Å²) in [6.45, 7) is 2.03. The van der Waals surface area contributed by atoms with Crippen LogP contribution in [-0.2, 0) is 9.53 Å². The number of hydrogen-bond donors (Lipinski definition) is 0. The highest BCUT2D eigenvalue weighted by atomic mass is 16.6. The van der Waals surface area contributed by atoms with Crippen LogP contribution >= 0.6 is 0 Å². The van der Waals surface area contributed by atoms with Crippen LogP contribution in [0.25, 0.3) is 16.8 Å². The Hall–Kier alpha value is -3.99. The van der Waals surface area contributed by atoms with Crippen molar-refractivity contribution in [3.05, 3.63) is 102 Å². The van der Waals surface area contributed by atoms with E-state index in [4.69, 9.17) is 14.2 Å². The quantitative estimate of drug-likeness (QED) is 0.352. The van der Waals surface area contributed by atoms with E-state index in [2.05, 4.69) is 12.1 Å². The van der Waals surface area contributed by atoms with E-state index in [1.165, 1.54) is 7.11 Å². The molecule has 0 saturated heterocycles. The number of benzene rings is 3. The summed E-state index contributed by atoms with van der Waals surface area (Å²) >= 11 is 0. The number of carbonyl (C=O) groups excluding carboxylic acids is 1. The van der Waals surface area contributed by atoms with Gasteiger partial charge in [-0.3, -0.25) is 0 Å². The normalized spacial score (nSPS) is 11.6. The predicted molar refractivity (Wildman–Crippen MR) is 124 cm³/mol. The number of rotatable bonds is 7. The van der Waals surface area contributed by atoms with Gasteiger partial charge >= 0.3 is 5.97 Å². The lowest BCUT2D eigenvalue weighted by atomic mass is 10.1. The molecule has 0 amide bonds. The van der Waals surface area contributed by atoms with Gasteiger partial charge in [-0.1, -0.05) is 48.5 Å². The number of aromatic nitrogens is 1. The van der Waals surface area contributed by atoms with Crippen molar-refractivity contribution >= 4 is 5.97 Å². The molecule has 0 aliphatic heterocycles. The van der Waals surface area contributed by atoms with Crippen molar-refractivity contribution in [2.75, 3.05) is 14.2 Å². The molecule has 4 rings (SSSR count). The first-order valence-electron chi connectivity index (χ1n) is 10.3. The number of methoxy groups -OCH3 is 2. The summed E-state index contributed by atoms with van der Waals surface area (Å²) in [6.07, 6.45) is -0.944. The van der Waals surface area contributed by atoms with Crippen molar-refractivity contribution in [2.24, 2.45) is 0 Å². The van der Waals surface area contributed by atoms with Crippen molar-refractivity contribution in [2.45, 2.75) is 13.0 Å². The SMILES string of the molecule is COC(=O)[C@H](Oc1ccccc1)c1cc(-c2ccccc2)c(C)n1-c1ccc(OC)cc1. The number of nitrogens with zero attached hydrogens (tertiary/aromatic N) is 1. The van der Waals surface area contributed by atoms with E-state index in [1.807, 2.05) is 90.4 Å². The zero-order chi connectivity index (χ0) is 22.5. The molecule has 4 aromatic rings. The molecule has 3 aromatic carbocycles. The zero-order valence-corrected chi connectivity index (χ0v) is 18.3. The minimum atomic E-state index is -0.944. The van der Waals surface area contributed by atoms with Gasteiger partial charge in [0.2, 0.25) is 6.10 Å². The molecular weight excluding hydrogens is 402 g/mol. The highest BCUT2D eigenvalue weighted by Crippen LogP contribution is 2.35. The second-order valence-corrected chi connectivity index (χ2v) is 7.30. The molecule has 162 valence electrons. The van der Waals surface area contributed by atoms with Crippen molar-refractivity contribution in [3.63, 3.8) is 0 Å². The number of ether oxygens (including phenoxy) is 3. The second kappa shape index (κ2) is 9.43. The van der Waals surface area contributed by atoms with Crippen LogP contribution < -0.4 is 9.47 Å². The highest BCUT2D eigenvalue weighted by molar-refractivity contribution is 5.79. The summed E-state index contributed by atoms with van der Waals surface area (Å²) in [5.41, 5.74) is 4.64. The van der Waals surface area contributed by atoms with Gasteiger partial charge < -0.3 is 18.8 Å². The number of para-hydroxylation sites is 1. The summed E-state index contributed by atoms with van der Waals surface area (Å²) in [5, 5.41) is 0. The lowest BCUT2D eigenvalue weighted by Crippen LogP contribution is -2.23. The van der Waals surface area contributed by atoms with Gasteiger partial charge in [-0.15, -0.1) is 0 Å². The third kappa shape index (κ3) is 4.23. The maximum atomic E-state index is 12.9. The molecule has 0 fully saturated rings. The topological polar surface area (TPSA) is 49.7 Å². The average molecular weight is 428 g/mol. The van der Waals surface area contributed by atoms with E-state index in [9.17, 15) is 4.79 Å². The van der Waals surface area contributed by atoms with Crippen molar-refractivity contribution in [3.8, 4) is 28.3 Å². The molecule has 0 N–H and O–H groups in total. The Balaban J connectivity index is 1.90. The molecule has 0 unspecified atom stereocenters. The van der Waals surface area contributed by atoms with Crippen molar-refractivity contribution < 1.29 is 19.0 Å². The fourth-order valence-electron chi connectivity index (χ4n) is 3.78. The van der Waals surface area contributed by atoms with E-state index < -0.39 is 12.1 Å². The van der Waals surface area contributed by atoms with Crippen molar-refractivity contribution in [1.82, 2.24) is 4.57 Å². The van der Waals surface area contributed by atoms with E-state index in [-0.39, 0.29) is 0 Å². The van der Waals surface area contributed by atoms with Crippen LogP contribution in [0.4, 0.5) is 0 Å². The summed E-state index contributed by atoms with van der Waals surface area (Å²) in [7, 11) is 3.01. The molecule has 5 heteroatoms. The summed E-state index contributed by atoms with van der Waals surface area (Å²) < 4.78 is 18.6. The van der Waals surface area contributed by atoms with E-state index in [0.717, 1.165) is 28.3 Å². The minimum Gasteiger partial charge on any atom is -0.497 e.